The molecule has 0 amide bonds. The normalized spacial score (nSPS) is 23.2. The quantitative estimate of drug-likeness (QED) is 0.871. The van der Waals surface area contributed by atoms with Crippen LogP contribution in [0.4, 0.5) is 10.2 Å². The summed E-state index contributed by atoms with van der Waals surface area (Å²) < 4.78 is 13.9. The highest BCUT2D eigenvalue weighted by Crippen LogP contribution is 2.34. The van der Waals surface area contributed by atoms with Gasteiger partial charge in [-0.25, -0.2) is 9.37 Å². The summed E-state index contributed by atoms with van der Waals surface area (Å²) in [7, 11) is 0. The van der Waals surface area contributed by atoms with E-state index >= 15 is 0 Å². The molecule has 4 rings (SSSR count). The van der Waals surface area contributed by atoms with Gasteiger partial charge < -0.3 is 4.90 Å². The van der Waals surface area contributed by atoms with Crippen LogP contribution in [0.2, 0.25) is 0 Å². The number of hydrogen-bond acceptors (Lipinski definition) is 4. The van der Waals surface area contributed by atoms with Crippen LogP contribution in [0.15, 0.2) is 42.6 Å². The number of rotatable bonds is 3. The van der Waals surface area contributed by atoms with Crippen molar-refractivity contribution < 1.29 is 4.39 Å². The predicted molar refractivity (Wildman–Crippen MR) is 89.8 cm³/mol. The molecule has 2 aliphatic rings. The van der Waals surface area contributed by atoms with E-state index in [-0.39, 0.29) is 5.82 Å². The van der Waals surface area contributed by atoms with E-state index < -0.39 is 0 Å². The first-order chi connectivity index (χ1) is 11.7. The van der Waals surface area contributed by atoms with E-state index in [1.807, 2.05) is 24.3 Å². The van der Waals surface area contributed by atoms with Crippen LogP contribution in [0.1, 0.15) is 11.1 Å². The van der Waals surface area contributed by atoms with Gasteiger partial charge in [-0.2, -0.15) is 5.26 Å². The molecule has 0 radical (unpaired) electrons. The molecule has 0 aliphatic carbocycles. The number of hydrogen-bond donors (Lipinski definition) is 0. The Labute approximate surface area is 141 Å². The Bertz CT molecular complexity index is 754. The maximum Gasteiger partial charge on any atom is 0.165 e. The number of halogens is 1. The second kappa shape index (κ2) is 6.21. The van der Waals surface area contributed by atoms with Crippen LogP contribution in [-0.2, 0) is 6.54 Å². The van der Waals surface area contributed by atoms with Gasteiger partial charge in [0.15, 0.2) is 11.6 Å². The van der Waals surface area contributed by atoms with Crippen molar-refractivity contribution in [3.05, 3.63) is 59.5 Å². The first kappa shape index (κ1) is 15.1. The lowest BCUT2D eigenvalue weighted by Crippen LogP contribution is -2.29. The van der Waals surface area contributed by atoms with E-state index in [0.717, 1.165) is 32.7 Å². The van der Waals surface area contributed by atoms with E-state index in [4.69, 9.17) is 5.26 Å². The molecule has 24 heavy (non-hydrogen) atoms. The van der Waals surface area contributed by atoms with Gasteiger partial charge in [-0.15, -0.1) is 0 Å². The monoisotopic (exact) mass is 322 g/mol. The van der Waals surface area contributed by atoms with Gasteiger partial charge in [0.05, 0.1) is 11.6 Å². The topological polar surface area (TPSA) is 43.2 Å². The van der Waals surface area contributed by atoms with Crippen molar-refractivity contribution in [1.82, 2.24) is 9.88 Å². The molecular formula is C19H19FN4. The summed E-state index contributed by atoms with van der Waals surface area (Å²) in [5, 5.41) is 8.86. The molecule has 2 saturated heterocycles. The van der Waals surface area contributed by atoms with Gasteiger partial charge in [0.2, 0.25) is 0 Å². The van der Waals surface area contributed by atoms with Gasteiger partial charge in [-0.1, -0.05) is 12.1 Å². The average Bonchev–Trinajstić information content (AvgIpc) is 3.14. The molecule has 0 saturated carbocycles. The maximum atomic E-state index is 13.9. The highest BCUT2D eigenvalue weighted by molar-refractivity contribution is 5.41. The minimum absolute atomic E-state index is 0.230. The van der Waals surface area contributed by atoms with Crippen LogP contribution in [0.5, 0.6) is 0 Å². The van der Waals surface area contributed by atoms with Crippen LogP contribution in [-0.4, -0.2) is 36.1 Å². The van der Waals surface area contributed by atoms with E-state index in [1.165, 1.54) is 11.6 Å². The number of anilines is 1. The Hall–Kier alpha value is -2.45. The van der Waals surface area contributed by atoms with Gasteiger partial charge in [0.25, 0.3) is 0 Å². The molecule has 1 aromatic carbocycles. The molecule has 2 aliphatic heterocycles. The molecule has 2 fully saturated rings. The lowest BCUT2D eigenvalue weighted by Gasteiger charge is -2.22. The minimum Gasteiger partial charge on any atom is -0.354 e. The molecule has 3 heterocycles. The number of nitriles is 1. The Morgan fingerprint density at radius 1 is 1.08 bits per heavy atom. The molecule has 2 atom stereocenters. The van der Waals surface area contributed by atoms with Crippen molar-refractivity contribution in [1.29, 1.82) is 5.26 Å². The Morgan fingerprint density at radius 3 is 2.42 bits per heavy atom. The molecule has 5 heteroatoms. The number of nitrogens with zero attached hydrogens (tertiary/aromatic N) is 4. The Kier molecular flexibility index (Phi) is 3.91. The zero-order valence-corrected chi connectivity index (χ0v) is 13.4. The lowest BCUT2D eigenvalue weighted by molar-refractivity contribution is 0.308. The zero-order valence-electron chi connectivity index (χ0n) is 13.4. The van der Waals surface area contributed by atoms with E-state index in [2.05, 4.69) is 20.9 Å². The SMILES string of the molecule is N#Cc1ccc(CN2CC3CN(c4ncccc4F)CC3C2)cc1. The van der Waals surface area contributed by atoms with Crippen LogP contribution in [0.25, 0.3) is 0 Å². The zero-order chi connectivity index (χ0) is 16.5. The van der Waals surface area contributed by atoms with Crippen LogP contribution in [0, 0.1) is 29.0 Å². The Balaban J connectivity index is 1.37. The summed E-state index contributed by atoms with van der Waals surface area (Å²) in [6.07, 6.45) is 1.66. The number of likely N-dealkylation sites (tertiary alicyclic amines) is 1. The molecule has 0 spiro atoms. The van der Waals surface area contributed by atoms with Crippen molar-refractivity contribution >= 4 is 5.82 Å². The lowest BCUT2D eigenvalue weighted by atomic mass is 10.0. The summed E-state index contributed by atoms with van der Waals surface area (Å²) in [4.78, 5) is 8.75. The maximum absolute atomic E-state index is 13.9. The summed E-state index contributed by atoms with van der Waals surface area (Å²) in [5.41, 5.74) is 1.94. The number of pyridine rings is 1. The molecule has 2 unspecified atom stereocenters. The molecular weight excluding hydrogens is 303 g/mol. The fourth-order valence-corrected chi connectivity index (χ4v) is 3.95. The third-order valence-electron chi connectivity index (χ3n) is 5.09. The average molecular weight is 322 g/mol. The van der Waals surface area contributed by atoms with Crippen molar-refractivity contribution in [2.24, 2.45) is 11.8 Å². The summed E-state index contributed by atoms with van der Waals surface area (Å²) in [6, 6.07) is 13.1. The summed E-state index contributed by atoms with van der Waals surface area (Å²) >= 11 is 0. The molecule has 0 bridgehead atoms. The fraction of sp³-hybridized carbons (Fsp3) is 0.368. The second-order valence-electron chi connectivity index (χ2n) is 6.74. The fourth-order valence-electron chi connectivity index (χ4n) is 3.95. The van der Waals surface area contributed by atoms with Crippen LogP contribution >= 0.6 is 0 Å². The first-order valence-corrected chi connectivity index (χ1v) is 8.30. The van der Waals surface area contributed by atoms with Crippen molar-refractivity contribution in [3.8, 4) is 6.07 Å². The van der Waals surface area contributed by atoms with Crippen molar-refractivity contribution in [2.45, 2.75) is 6.54 Å². The van der Waals surface area contributed by atoms with Gasteiger partial charge in [0.1, 0.15) is 0 Å². The molecule has 1 aromatic heterocycles. The van der Waals surface area contributed by atoms with Crippen LogP contribution in [0.3, 0.4) is 0 Å². The number of fused-ring (bicyclic) bond motifs is 1. The van der Waals surface area contributed by atoms with Gasteiger partial charge in [0, 0.05) is 38.9 Å². The summed E-state index contributed by atoms with van der Waals surface area (Å²) in [6.45, 7) is 4.74. The van der Waals surface area contributed by atoms with Crippen molar-refractivity contribution in [2.75, 3.05) is 31.1 Å². The van der Waals surface area contributed by atoms with E-state index in [1.54, 1.807) is 12.3 Å². The molecule has 2 aromatic rings. The smallest absolute Gasteiger partial charge is 0.165 e. The highest BCUT2D eigenvalue weighted by atomic mass is 19.1. The molecule has 0 N–H and O–H groups in total. The van der Waals surface area contributed by atoms with Crippen LogP contribution < -0.4 is 4.90 Å². The molecule has 122 valence electrons. The third-order valence-corrected chi connectivity index (χ3v) is 5.09. The number of benzene rings is 1. The first-order valence-electron chi connectivity index (χ1n) is 8.30. The van der Waals surface area contributed by atoms with Gasteiger partial charge >= 0.3 is 0 Å². The van der Waals surface area contributed by atoms with E-state index in [9.17, 15) is 4.39 Å². The van der Waals surface area contributed by atoms with Crippen molar-refractivity contribution in [3.63, 3.8) is 0 Å². The largest absolute Gasteiger partial charge is 0.354 e. The number of aromatic nitrogens is 1. The van der Waals surface area contributed by atoms with Gasteiger partial charge in [-0.3, -0.25) is 4.90 Å². The third kappa shape index (κ3) is 2.85. The standard InChI is InChI=1S/C19H19FN4/c20-18-2-1-7-22-19(18)24-12-16-10-23(11-17(16)13-24)9-15-5-3-14(8-21)4-6-15/h1-7,16-17H,9-13H2. The Morgan fingerprint density at radius 2 is 1.79 bits per heavy atom. The minimum atomic E-state index is -0.230. The van der Waals surface area contributed by atoms with Gasteiger partial charge in [-0.05, 0) is 41.7 Å². The molecule has 4 nitrogen and oxygen atoms in total. The second-order valence-corrected chi connectivity index (χ2v) is 6.74. The van der Waals surface area contributed by atoms with E-state index in [0.29, 0.717) is 23.2 Å². The predicted octanol–water partition coefficient (Wildman–Crippen LogP) is 2.66. The highest BCUT2D eigenvalue weighted by Gasteiger charge is 2.40. The summed E-state index contributed by atoms with van der Waals surface area (Å²) in [5.74, 6) is 1.41.